The van der Waals surface area contributed by atoms with Gasteiger partial charge < -0.3 is 5.11 Å². The molecule has 0 aromatic heterocycles. The van der Waals surface area contributed by atoms with E-state index in [0.29, 0.717) is 0 Å². The molecule has 0 radical (unpaired) electrons. The Morgan fingerprint density at radius 1 is 1.33 bits per heavy atom. The molecule has 0 spiro atoms. The van der Waals surface area contributed by atoms with Crippen LogP contribution in [0.5, 0.6) is 0 Å². The summed E-state index contributed by atoms with van der Waals surface area (Å²) in [7, 11) is 0. The van der Waals surface area contributed by atoms with E-state index >= 15 is 0 Å². The van der Waals surface area contributed by atoms with Crippen LogP contribution in [0.1, 0.15) is 25.7 Å². The van der Waals surface area contributed by atoms with Crippen molar-refractivity contribution in [2.75, 3.05) is 0 Å². The van der Waals surface area contributed by atoms with Gasteiger partial charge >= 0.3 is 5.97 Å². The first-order valence-corrected chi connectivity index (χ1v) is 3.03. The zero-order valence-electron chi connectivity index (χ0n) is 5.47. The molecule has 1 saturated carbocycles. The Hall–Kier alpha value is 0.405. The normalized spacial score (nSPS) is 19.1. The van der Waals surface area contributed by atoms with Crippen LogP contribution in [0, 0.1) is 5.92 Å². The Kier molecular flexibility index (Phi) is 4.45. The molecule has 0 saturated heterocycles. The third-order valence-electron chi connectivity index (χ3n) is 1.70. The smallest absolute Gasteiger partial charge is 0.306 e. The Bertz CT molecular complexity index is 97.2. The van der Waals surface area contributed by atoms with Gasteiger partial charge in [-0.3, -0.25) is 4.79 Å². The van der Waals surface area contributed by atoms with Crippen LogP contribution in [0.2, 0.25) is 0 Å². The maximum absolute atomic E-state index is 10.2. The number of hydrogen-bond acceptors (Lipinski definition) is 1. The molecule has 1 aliphatic carbocycles. The fourth-order valence-corrected chi connectivity index (χ4v) is 1.17. The molecule has 2 nitrogen and oxygen atoms in total. The van der Waals surface area contributed by atoms with Gasteiger partial charge in [0.05, 0.1) is 5.92 Å². The molecular formula is C6H10HgO2. The summed E-state index contributed by atoms with van der Waals surface area (Å²) in [6.45, 7) is 0. The van der Waals surface area contributed by atoms with Crippen LogP contribution >= 0.6 is 0 Å². The van der Waals surface area contributed by atoms with Crippen molar-refractivity contribution in [3.05, 3.63) is 0 Å². The second-order valence-corrected chi connectivity index (χ2v) is 2.32. The van der Waals surface area contributed by atoms with Crippen LogP contribution in [-0.4, -0.2) is 11.1 Å². The second-order valence-electron chi connectivity index (χ2n) is 2.32. The minimum Gasteiger partial charge on any atom is -0.481 e. The van der Waals surface area contributed by atoms with Gasteiger partial charge in [-0.2, -0.15) is 0 Å². The molecule has 1 N–H and O–H groups in total. The fourth-order valence-electron chi connectivity index (χ4n) is 1.17. The van der Waals surface area contributed by atoms with Crippen molar-refractivity contribution in [3.8, 4) is 0 Å². The van der Waals surface area contributed by atoms with Crippen LogP contribution in [-0.2, 0) is 32.5 Å². The van der Waals surface area contributed by atoms with E-state index < -0.39 is 5.97 Å². The molecule has 3 heteroatoms. The van der Waals surface area contributed by atoms with Gasteiger partial charge in [0.2, 0.25) is 0 Å². The number of hydrogen-bond donors (Lipinski definition) is 1. The standard InChI is InChI=1S/C6H10O2.Hg/c7-6(8)5-3-1-2-4-5;/h5H,1-4H2,(H,7,8);. The predicted molar refractivity (Wildman–Crippen MR) is 29.6 cm³/mol. The number of carboxylic acid groups (broad SMARTS) is 1. The number of rotatable bonds is 1. The predicted octanol–water partition coefficient (Wildman–Crippen LogP) is 1.26. The topological polar surface area (TPSA) is 37.3 Å². The van der Waals surface area contributed by atoms with Crippen LogP contribution in [0.15, 0.2) is 0 Å². The zero-order chi connectivity index (χ0) is 5.98. The van der Waals surface area contributed by atoms with E-state index in [1.54, 1.807) is 0 Å². The van der Waals surface area contributed by atoms with E-state index in [1.807, 2.05) is 0 Å². The van der Waals surface area contributed by atoms with Crippen molar-refractivity contribution in [3.63, 3.8) is 0 Å². The molecule has 0 heterocycles. The van der Waals surface area contributed by atoms with Gasteiger partial charge in [-0.1, -0.05) is 12.8 Å². The minimum atomic E-state index is -0.609. The first-order chi connectivity index (χ1) is 3.80. The summed E-state index contributed by atoms with van der Waals surface area (Å²) < 4.78 is 0. The molecular weight excluding hydrogens is 305 g/mol. The Morgan fingerprint density at radius 2 is 1.78 bits per heavy atom. The molecule has 0 aromatic rings. The van der Waals surface area contributed by atoms with Gasteiger partial charge in [0, 0.05) is 27.7 Å². The molecule has 1 rings (SSSR count). The summed E-state index contributed by atoms with van der Waals surface area (Å²) in [5.74, 6) is -0.627. The fraction of sp³-hybridized carbons (Fsp3) is 0.833. The van der Waals surface area contributed by atoms with E-state index in [-0.39, 0.29) is 33.6 Å². The van der Waals surface area contributed by atoms with Gasteiger partial charge in [-0.05, 0) is 12.8 Å². The Balaban J connectivity index is 0.000000640. The maximum atomic E-state index is 10.2. The summed E-state index contributed by atoms with van der Waals surface area (Å²) in [6, 6.07) is 0. The van der Waals surface area contributed by atoms with E-state index in [0.717, 1.165) is 25.7 Å². The summed E-state index contributed by atoms with van der Waals surface area (Å²) in [4.78, 5) is 10.2. The molecule has 48 valence electrons. The number of aliphatic carboxylic acids is 1. The van der Waals surface area contributed by atoms with Gasteiger partial charge in [0.25, 0.3) is 0 Å². The largest absolute Gasteiger partial charge is 0.481 e. The number of carboxylic acids is 1. The average molecular weight is 315 g/mol. The molecule has 0 amide bonds. The molecule has 9 heavy (non-hydrogen) atoms. The molecule has 1 fully saturated rings. The van der Waals surface area contributed by atoms with E-state index in [9.17, 15) is 4.79 Å². The van der Waals surface area contributed by atoms with Crippen LogP contribution < -0.4 is 0 Å². The molecule has 0 atom stereocenters. The van der Waals surface area contributed by atoms with E-state index in [4.69, 9.17) is 5.11 Å². The van der Waals surface area contributed by atoms with E-state index in [2.05, 4.69) is 0 Å². The quantitative estimate of drug-likeness (QED) is 0.740. The molecule has 0 bridgehead atoms. The molecule has 0 unspecified atom stereocenters. The SMILES string of the molecule is O=C(O)C1CCCC1.[Hg]. The van der Waals surface area contributed by atoms with Crippen LogP contribution in [0.3, 0.4) is 0 Å². The van der Waals surface area contributed by atoms with Crippen molar-refractivity contribution in [2.45, 2.75) is 25.7 Å². The Labute approximate surface area is 75.1 Å². The van der Waals surface area contributed by atoms with Gasteiger partial charge in [0.15, 0.2) is 0 Å². The van der Waals surface area contributed by atoms with Crippen molar-refractivity contribution in [2.24, 2.45) is 5.92 Å². The first kappa shape index (κ1) is 9.41. The summed E-state index contributed by atoms with van der Waals surface area (Å²) in [5.41, 5.74) is 0. The van der Waals surface area contributed by atoms with Crippen LogP contribution in [0.25, 0.3) is 0 Å². The van der Waals surface area contributed by atoms with Gasteiger partial charge in [-0.25, -0.2) is 0 Å². The summed E-state index contributed by atoms with van der Waals surface area (Å²) in [6.07, 6.45) is 4.01. The third kappa shape index (κ3) is 2.65. The molecule has 0 aliphatic heterocycles. The molecule has 0 aromatic carbocycles. The molecule has 1 aliphatic rings. The van der Waals surface area contributed by atoms with Gasteiger partial charge in [0.1, 0.15) is 0 Å². The number of carbonyl (C=O) groups is 1. The maximum Gasteiger partial charge on any atom is 0.306 e. The van der Waals surface area contributed by atoms with Crippen molar-refractivity contribution >= 4 is 5.97 Å². The monoisotopic (exact) mass is 316 g/mol. The Morgan fingerprint density at radius 3 is 2.00 bits per heavy atom. The minimum absolute atomic E-state index is 0. The second kappa shape index (κ2) is 4.26. The third-order valence-corrected chi connectivity index (χ3v) is 1.70. The zero-order valence-corrected chi connectivity index (χ0v) is 11.0. The average Bonchev–Trinajstić information content (AvgIpc) is 2.12. The first-order valence-electron chi connectivity index (χ1n) is 3.03. The van der Waals surface area contributed by atoms with Crippen molar-refractivity contribution < 1.29 is 37.6 Å². The van der Waals surface area contributed by atoms with Crippen LogP contribution in [0.4, 0.5) is 0 Å². The van der Waals surface area contributed by atoms with Gasteiger partial charge in [-0.15, -0.1) is 0 Å². The van der Waals surface area contributed by atoms with Crippen molar-refractivity contribution in [1.29, 1.82) is 0 Å². The summed E-state index contributed by atoms with van der Waals surface area (Å²) in [5, 5.41) is 8.41. The summed E-state index contributed by atoms with van der Waals surface area (Å²) >= 11 is 0. The van der Waals surface area contributed by atoms with Crippen molar-refractivity contribution in [1.82, 2.24) is 0 Å². The van der Waals surface area contributed by atoms with E-state index in [1.165, 1.54) is 0 Å².